The minimum atomic E-state index is 0.107. The Labute approximate surface area is 111 Å². The summed E-state index contributed by atoms with van der Waals surface area (Å²) in [7, 11) is 0. The predicted octanol–water partition coefficient (Wildman–Crippen LogP) is 1.82. The van der Waals surface area contributed by atoms with Crippen molar-refractivity contribution in [2.45, 2.75) is 13.0 Å². The maximum absolute atomic E-state index is 8.62. The van der Waals surface area contributed by atoms with Gasteiger partial charge in [-0.25, -0.2) is 0 Å². The second kappa shape index (κ2) is 6.50. The molecule has 1 N–H and O–H groups in total. The average Bonchev–Trinajstić information content (AvgIpc) is 2.35. The van der Waals surface area contributed by atoms with Gasteiger partial charge in [0.2, 0.25) is 0 Å². The van der Waals surface area contributed by atoms with E-state index in [-0.39, 0.29) is 6.61 Å². The molecule has 17 heavy (non-hydrogen) atoms. The van der Waals surface area contributed by atoms with Gasteiger partial charge in [-0.1, -0.05) is 28.1 Å². The van der Waals surface area contributed by atoms with Crippen molar-refractivity contribution in [1.29, 1.82) is 0 Å². The normalized spacial score (nSPS) is 15.9. The van der Waals surface area contributed by atoms with Crippen LogP contribution in [0.1, 0.15) is 11.1 Å². The number of halogens is 1. The molecular weight excluding hydrogens is 282 g/mol. The van der Waals surface area contributed by atoms with Crippen LogP contribution in [0.5, 0.6) is 0 Å². The van der Waals surface area contributed by atoms with Crippen LogP contribution in [0.25, 0.3) is 0 Å². The highest BCUT2D eigenvalue weighted by atomic mass is 79.9. The van der Waals surface area contributed by atoms with Crippen molar-refractivity contribution in [2.24, 2.45) is 0 Å². The smallest absolute Gasteiger partial charge is 0.0698 e. The molecule has 1 aromatic carbocycles. The summed E-state index contributed by atoms with van der Waals surface area (Å²) < 4.78 is 6.52. The van der Waals surface area contributed by atoms with Crippen molar-refractivity contribution in [3.05, 3.63) is 33.8 Å². The van der Waals surface area contributed by atoms with Crippen molar-refractivity contribution in [1.82, 2.24) is 4.90 Å². The Morgan fingerprint density at radius 2 is 2.24 bits per heavy atom. The van der Waals surface area contributed by atoms with Crippen LogP contribution < -0.4 is 0 Å². The lowest BCUT2D eigenvalue weighted by Gasteiger charge is -2.29. The summed E-state index contributed by atoms with van der Waals surface area (Å²) >= 11 is 3.60. The highest BCUT2D eigenvalue weighted by Gasteiger charge is 2.17. The molecule has 0 fully saturated rings. The van der Waals surface area contributed by atoms with E-state index in [9.17, 15) is 0 Å². The van der Waals surface area contributed by atoms with Crippen molar-refractivity contribution in [2.75, 3.05) is 32.9 Å². The Hall–Kier alpha value is -0.420. The topological polar surface area (TPSA) is 32.7 Å². The van der Waals surface area contributed by atoms with E-state index in [0.717, 1.165) is 26.1 Å². The molecule has 0 aliphatic carbocycles. The zero-order chi connectivity index (χ0) is 12.1. The molecule has 3 nitrogen and oxygen atoms in total. The van der Waals surface area contributed by atoms with Crippen molar-refractivity contribution in [3.8, 4) is 0 Å². The molecule has 1 aromatic rings. The number of fused-ring (bicyclic) bond motifs is 1. The molecule has 2 rings (SSSR count). The highest BCUT2D eigenvalue weighted by molar-refractivity contribution is 9.10. The minimum absolute atomic E-state index is 0.107. The Kier molecular flexibility index (Phi) is 4.98. The maximum Gasteiger partial charge on any atom is 0.0698 e. The molecular formula is C13H18BrNO2. The van der Waals surface area contributed by atoms with Gasteiger partial charge in [0, 0.05) is 24.1 Å². The van der Waals surface area contributed by atoms with Crippen LogP contribution in [0.4, 0.5) is 0 Å². The molecule has 0 saturated carbocycles. The molecule has 0 aromatic heterocycles. The molecule has 0 atom stereocenters. The number of hydrogen-bond acceptors (Lipinski definition) is 3. The number of aliphatic hydroxyl groups is 1. The van der Waals surface area contributed by atoms with Gasteiger partial charge in [-0.2, -0.15) is 0 Å². The first-order valence-corrected chi connectivity index (χ1v) is 6.78. The summed E-state index contributed by atoms with van der Waals surface area (Å²) in [6, 6.07) is 6.40. The molecule has 1 aliphatic heterocycles. The summed E-state index contributed by atoms with van der Waals surface area (Å²) in [4.78, 5) is 2.39. The third-order valence-corrected chi connectivity index (χ3v) is 3.82. The summed E-state index contributed by atoms with van der Waals surface area (Å²) in [6.07, 6.45) is 1.09. The van der Waals surface area contributed by atoms with Crippen molar-refractivity contribution >= 4 is 15.9 Å². The monoisotopic (exact) mass is 299 g/mol. The molecule has 94 valence electrons. The Morgan fingerprint density at radius 1 is 1.35 bits per heavy atom. The zero-order valence-electron chi connectivity index (χ0n) is 9.86. The summed E-state index contributed by atoms with van der Waals surface area (Å²) in [5, 5.41) is 8.62. The van der Waals surface area contributed by atoms with Crippen LogP contribution in [-0.4, -0.2) is 42.9 Å². The third kappa shape index (κ3) is 3.52. The van der Waals surface area contributed by atoms with Gasteiger partial charge in [-0.05, 0) is 23.6 Å². The maximum atomic E-state index is 8.62. The van der Waals surface area contributed by atoms with Crippen LogP contribution >= 0.6 is 15.9 Å². The molecule has 0 spiro atoms. The molecule has 0 amide bonds. The van der Waals surface area contributed by atoms with Crippen LogP contribution in [0, 0.1) is 0 Å². The van der Waals surface area contributed by atoms with E-state index < -0.39 is 0 Å². The van der Waals surface area contributed by atoms with E-state index in [1.807, 2.05) is 0 Å². The zero-order valence-corrected chi connectivity index (χ0v) is 11.4. The number of nitrogens with zero attached hydrogens (tertiary/aromatic N) is 1. The average molecular weight is 300 g/mol. The largest absolute Gasteiger partial charge is 0.394 e. The summed E-state index contributed by atoms with van der Waals surface area (Å²) in [5.74, 6) is 0. The third-order valence-electron chi connectivity index (χ3n) is 3.08. The molecule has 4 heteroatoms. The van der Waals surface area contributed by atoms with Gasteiger partial charge >= 0.3 is 0 Å². The number of rotatable bonds is 5. The minimum Gasteiger partial charge on any atom is -0.394 e. The highest BCUT2D eigenvalue weighted by Crippen LogP contribution is 2.25. The van der Waals surface area contributed by atoms with Gasteiger partial charge in [-0.3, -0.25) is 4.90 Å². The van der Waals surface area contributed by atoms with Crippen LogP contribution in [-0.2, 0) is 17.7 Å². The van der Waals surface area contributed by atoms with Crippen LogP contribution in [0.3, 0.4) is 0 Å². The van der Waals surface area contributed by atoms with Crippen molar-refractivity contribution < 1.29 is 9.84 Å². The lowest BCUT2D eigenvalue weighted by Crippen LogP contribution is -2.33. The van der Waals surface area contributed by atoms with Gasteiger partial charge < -0.3 is 9.84 Å². The van der Waals surface area contributed by atoms with Gasteiger partial charge in [0.25, 0.3) is 0 Å². The van der Waals surface area contributed by atoms with Gasteiger partial charge in [-0.15, -0.1) is 0 Å². The Morgan fingerprint density at radius 3 is 3.06 bits per heavy atom. The van der Waals surface area contributed by atoms with Gasteiger partial charge in [0.15, 0.2) is 0 Å². The molecule has 0 bridgehead atoms. The first-order chi connectivity index (χ1) is 8.31. The van der Waals surface area contributed by atoms with E-state index in [1.165, 1.54) is 15.6 Å². The lowest BCUT2D eigenvalue weighted by molar-refractivity contribution is 0.0709. The molecule has 0 saturated heterocycles. The fourth-order valence-corrected chi connectivity index (χ4v) is 2.78. The van der Waals surface area contributed by atoms with Crippen LogP contribution in [0.15, 0.2) is 22.7 Å². The van der Waals surface area contributed by atoms with E-state index >= 15 is 0 Å². The number of ether oxygens (including phenoxy) is 1. The van der Waals surface area contributed by atoms with E-state index in [2.05, 4.69) is 39.0 Å². The van der Waals surface area contributed by atoms with Crippen LogP contribution in [0.2, 0.25) is 0 Å². The fraction of sp³-hybridized carbons (Fsp3) is 0.538. The van der Waals surface area contributed by atoms with E-state index in [0.29, 0.717) is 13.2 Å². The first kappa shape index (κ1) is 13.0. The Bertz CT molecular complexity index is 370. The molecule has 0 unspecified atom stereocenters. The first-order valence-electron chi connectivity index (χ1n) is 5.98. The molecule has 1 aliphatic rings. The summed E-state index contributed by atoms with van der Waals surface area (Å²) in [5.41, 5.74) is 2.85. The number of aliphatic hydroxyl groups excluding tert-OH is 1. The van der Waals surface area contributed by atoms with E-state index in [1.54, 1.807) is 0 Å². The fourth-order valence-electron chi connectivity index (χ4n) is 2.17. The standard InChI is InChI=1S/C13H18BrNO2/c14-13-3-1-2-11-10-15(5-4-12(11)13)6-8-17-9-7-16/h1-3,16H,4-10H2. The second-order valence-electron chi connectivity index (χ2n) is 4.24. The molecule has 0 radical (unpaired) electrons. The predicted molar refractivity (Wildman–Crippen MR) is 71.0 cm³/mol. The van der Waals surface area contributed by atoms with Gasteiger partial charge in [0.05, 0.1) is 19.8 Å². The van der Waals surface area contributed by atoms with Gasteiger partial charge in [0.1, 0.15) is 0 Å². The lowest BCUT2D eigenvalue weighted by atomic mass is 10.00. The Balaban J connectivity index is 1.86. The SMILES string of the molecule is OCCOCCN1CCc2c(Br)cccc2C1. The van der Waals surface area contributed by atoms with E-state index in [4.69, 9.17) is 9.84 Å². The molecule has 1 heterocycles. The van der Waals surface area contributed by atoms with Crippen molar-refractivity contribution in [3.63, 3.8) is 0 Å². The number of hydrogen-bond donors (Lipinski definition) is 1. The number of benzene rings is 1. The summed E-state index contributed by atoms with van der Waals surface area (Å²) in [6.45, 7) is 4.26. The second-order valence-corrected chi connectivity index (χ2v) is 5.09. The quantitative estimate of drug-likeness (QED) is 0.842.